The Morgan fingerprint density at radius 2 is 1.06 bits per heavy atom. The van der Waals surface area contributed by atoms with E-state index in [4.69, 9.17) is 9.05 Å². The second-order valence-corrected chi connectivity index (χ2v) is 16.8. The lowest BCUT2D eigenvalue weighted by Gasteiger charge is -2.25. The van der Waals surface area contributed by atoms with Gasteiger partial charge in [-0.15, -0.1) is 0 Å². The zero-order valence-electron chi connectivity index (χ0n) is 33.8. The number of nitrogens with one attached hydrogen (secondary N) is 1. The minimum Gasteiger partial charge on any atom is -0.387 e. The molecule has 3 atom stereocenters. The second kappa shape index (κ2) is 34.5. The Balaban J connectivity index is 3.82. The maximum Gasteiger partial charge on any atom is 0.472 e. The predicted molar refractivity (Wildman–Crippen MR) is 217 cm³/mol. The Kier molecular flexibility index (Phi) is 33.6. The van der Waals surface area contributed by atoms with Gasteiger partial charge in [-0.25, -0.2) is 4.57 Å². The highest BCUT2D eigenvalue weighted by Gasteiger charge is 2.27. The third-order valence-corrected chi connectivity index (χ3v) is 10.1. The van der Waals surface area contributed by atoms with Gasteiger partial charge in [0.05, 0.1) is 39.9 Å². The lowest BCUT2D eigenvalue weighted by molar-refractivity contribution is -0.870. The van der Waals surface area contributed by atoms with Gasteiger partial charge in [0.2, 0.25) is 5.91 Å². The molecule has 0 rings (SSSR count). The number of amides is 1. The van der Waals surface area contributed by atoms with Crippen molar-refractivity contribution in [2.45, 2.75) is 187 Å². The van der Waals surface area contributed by atoms with E-state index in [1.165, 1.54) is 128 Å². The summed E-state index contributed by atoms with van der Waals surface area (Å²) >= 11 is 0. The highest BCUT2D eigenvalue weighted by Crippen LogP contribution is 2.43. The molecule has 8 nitrogen and oxygen atoms in total. The van der Waals surface area contributed by atoms with Crippen LogP contribution >= 0.6 is 7.82 Å². The Hall–Kier alpha value is -1.28. The Bertz CT molecular complexity index is 933. The van der Waals surface area contributed by atoms with Gasteiger partial charge in [-0.3, -0.25) is 13.8 Å². The lowest BCUT2D eigenvalue weighted by atomic mass is 10.0. The van der Waals surface area contributed by atoms with Crippen LogP contribution in [0, 0.1) is 0 Å². The highest BCUT2D eigenvalue weighted by atomic mass is 31.2. The molecule has 0 aliphatic heterocycles. The Morgan fingerprint density at radius 1 is 0.647 bits per heavy atom. The van der Waals surface area contributed by atoms with Gasteiger partial charge < -0.3 is 19.8 Å². The quantitative estimate of drug-likeness (QED) is 0.0253. The predicted octanol–water partition coefficient (Wildman–Crippen LogP) is 11.1. The topological polar surface area (TPSA) is 105 Å². The maximum absolute atomic E-state index is 12.3. The highest BCUT2D eigenvalue weighted by molar-refractivity contribution is 7.47. The fourth-order valence-electron chi connectivity index (χ4n) is 5.74. The molecule has 0 spiro atoms. The number of phosphoric acid groups is 1. The summed E-state index contributed by atoms with van der Waals surface area (Å²) in [6.45, 7) is 4.22. The fourth-order valence-corrected chi connectivity index (χ4v) is 6.48. The summed E-state index contributed by atoms with van der Waals surface area (Å²) in [5, 5.41) is 13.3. The number of likely N-dealkylation sites (N-methyl/N-ethyl adjacent to an activating group) is 1. The van der Waals surface area contributed by atoms with Crippen LogP contribution in [0.2, 0.25) is 0 Å². The van der Waals surface area contributed by atoms with E-state index < -0.39 is 20.0 Å². The van der Waals surface area contributed by atoms with E-state index in [0.29, 0.717) is 11.0 Å². The molecular formula is C42H82N2O6P+. The molecule has 3 unspecified atom stereocenters. The molecule has 9 heteroatoms. The number of nitrogens with zero attached hydrogens (tertiary/aromatic N) is 1. The molecular weight excluding hydrogens is 659 g/mol. The summed E-state index contributed by atoms with van der Waals surface area (Å²) in [5.74, 6) is -0.280. The van der Waals surface area contributed by atoms with Crippen LogP contribution in [-0.4, -0.2) is 73.4 Å². The van der Waals surface area contributed by atoms with Crippen LogP contribution in [0.25, 0.3) is 0 Å². The number of quaternary nitrogens is 1. The fraction of sp³-hybridized carbons (Fsp3) is 0.833. The van der Waals surface area contributed by atoms with Crippen LogP contribution in [-0.2, 0) is 18.4 Å². The monoisotopic (exact) mass is 742 g/mol. The van der Waals surface area contributed by atoms with Gasteiger partial charge in [-0.1, -0.05) is 166 Å². The van der Waals surface area contributed by atoms with Crippen LogP contribution in [0.3, 0.4) is 0 Å². The molecule has 0 heterocycles. The third kappa shape index (κ3) is 36.9. The molecule has 0 radical (unpaired) electrons. The van der Waals surface area contributed by atoms with E-state index in [-0.39, 0.29) is 25.5 Å². The molecule has 1 amide bonds. The normalized spacial score (nSPS) is 14.9. The number of phosphoric ester groups is 1. The summed E-state index contributed by atoms with van der Waals surface area (Å²) in [6.07, 6.45) is 43.3. The van der Waals surface area contributed by atoms with Gasteiger partial charge in [0.15, 0.2) is 0 Å². The van der Waals surface area contributed by atoms with Crippen molar-refractivity contribution < 1.29 is 32.9 Å². The minimum atomic E-state index is -4.31. The number of aliphatic hydroxyl groups excluding tert-OH is 1. The number of carbonyl (C=O) groups excluding carboxylic acids is 1. The molecule has 3 N–H and O–H groups in total. The number of aliphatic hydroxyl groups is 1. The molecule has 51 heavy (non-hydrogen) atoms. The van der Waals surface area contributed by atoms with Crippen molar-refractivity contribution in [1.82, 2.24) is 5.32 Å². The van der Waals surface area contributed by atoms with Gasteiger partial charge in [0, 0.05) is 6.42 Å². The maximum atomic E-state index is 12.3. The van der Waals surface area contributed by atoms with Crippen LogP contribution in [0.1, 0.15) is 174 Å². The first-order valence-electron chi connectivity index (χ1n) is 20.9. The van der Waals surface area contributed by atoms with E-state index in [9.17, 15) is 19.4 Å². The first kappa shape index (κ1) is 49.7. The van der Waals surface area contributed by atoms with Crippen molar-refractivity contribution in [1.29, 1.82) is 0 Å². The van der Waals surface area contributed by atoms with Crippen molar-refractivity contribution >= 4 is 13.7 Å². The molecule has 0 aromatic rings. The summed E-state index contributed by atoms with van der Waals surface area (Å²) in [5.41, 5.74) is 0. The molecule has 0 aliphatic carbocycles. The van der Waals surface area contributed by atoms with E-state index in [0.717, 1.165) is 25.7 Å². The van der Waals surface area contributed by atoms with E-state index in [2.05, 4.69) is 36.5 Å². The third-order valence-electron chi connectivity index (χ3n) is 9.15. The van der Waals surface area contributed by atoms with Gasteiger partial charge in [-0.2, -0.15) is 0 Å². The second-order valence-electron chi connectivity index (χ2n) is 15.3. The average Bonchev–Trinajstić information content (AvgIpc) is 3.08. The number of carbonyl (C=O) groups is 1. The van der Waals surface area contributed by atoms with E-state index in [1.807, 2.05) is 27.2 Å². The van der Waals surface area contributed by atoms with Crippen molar-refractivity contribution in [2.24, 2.45) is 0 Å². The first-order chi connectivity index (χ1) is 24.5. The molecule has 0 bridgehead atoms. The van der Waals surface area contributed by atoms with Crippen LogP contribution in [0.5, 0.6) is 0 Å². The number of rotatable bonds is 37. The van der Waals surface area contributed by atoms with Gasteiger partial charge >= 0.3 is 7.82 Å². The lowest BCUT2D eigenvalue weighted by Crippen LogP contribution is -2.45. The zero-order valence-corrected chi connectivity index (χ0v) is 34.7. The van der Waals surface area contributed by atoms with Crippen molar-refractivity contribution in [2.75, 3.05) is 40.9 Å². The molecule has 0 aliphatic rings. The summed E-state index contributed by atoms with van der Waals surface area (Å²) < 4.78 is 23.0. The van der Waals surface area contributed by atoms with E-state index in [1.54, 1.807) is 13.0 Å². The summed E-state index contributed by atoms with van der Waals surface area (Å²) in [7, 11) is 1.53. The van der Waals surface area contributed by atoms with E-state index >= 15 is 0 Å². The Morgan fingerprint density at radius 3 is 1.49 bits per heavy atom. The summed E-state index contributed by atoms with van der Waals surface area (Å²) in [4.78, 5) is 22.0. The molecule has 0 saturated heterocycles. The smallest absolute Gasteiger partial charge is 0.387 e. The molecule has 0 aromatic carbocycles. The molecule has 300 valence electrons. The van der Waals surface area contributed by atoms with Crippen molar-refractivity contribution in [3.63, 3.8) is 0 Å². The number of hydrogen-bond acceptors (Lipinski definition) is 5. The Labute approximate surface area is 315 Å². The number of hydrogen-bond donors (Lipinski definition) is 3. The van der Waals surface area contributed by atoms with Crippen LogP contribution < -0.4 is 5.32 Å². The summed E-state index contributed by atoms with van der Waals surface area (Å²) in [6, 6.07) is -0.864. The van der Waals surface area contributed by atoms with Crippen LogP contribution in [0.4, 0.5) is 0 Å². The number of unbranched alkanes of at least 4 members (excludes halogenated alkanes) is 21. The molecule has 0 saturated carbocycles. The molecule has 0 aromatic heterocycles. The van der Waals surface area contributed by atoms with Crippen LogP contribution in [0.15, 0.2) is 36.5 Å². The van der Waals surface area contributed by atoms with Gasteiger partial charge in [0.25, 0.3) is 0 Å². The van der Waals surface area contributed by atoms with Crippen molar-refractivity contribution in [3.8, 4) is 0 Å². The zero-order chi connectivity index (χ0) is 37.9. The minimum absolute atomic E-state index is 0.0508. The molecule has 0 fully saturated rings. The largest absolute Gasteiger partial charge is 0.472 e. The first-order valence-corrected chi connectivity index (χ1v) is 22.4. The average molecular weight is 742 g/mol. The van der Waals surface area contributed by atoms with Crippen molar-refractivity contribution in [3.05, 3.63) is 36.5 Å². The van der Waals surface area contributed by atoms with Gasteiger partial charge in [-0.05, 0) is 38.5 Å². The SMILES string of the molecule is CCCCCCCCCCCCCCCCCCCCC/C=C/CC/C=C/CC/C=C/C(O)C(COP(=O)(O)OCC[N+](C)(C)C)NC(=O)CC. The van der Waals surface area contributed by atoms with Gasteiger partial charge in [0.1, 0.15) is 13.2 Å². The standard InChI is InChI=1S/C42H81N2O6P/c1-6-8-9-10-11-12-13-14-15-16-17-18-19-20-21-22-23-24-25-26-27-28-29-30-31-32-33-34-35-36-41(45)40(43-42(46)7-2)39-50-51(47,48)49-38-37-44(3,4)5/h27-28,31-32,35-36,40-41,45H,6-26,29-30,33-34,37-39H2,1-5H3,(H-,43,46,47,48)/p+1/b28-27+,32-31+,36-35+. The number of allylic oxidation sites excluding steroid dienone is 5.